The number of rotatable bonds is 4. The molecule has 0 saturated heterocycles. The molecule has 0 aliphatic rings. The van der Waals surface area contributed by atoms with Gasteiger partial charge >= 0.3 is 0 Å². The Morgan fingerprint density at radius 3 is 1.90 bits per heavy atom. The summed E-state index contributed by atoms with van der Waals surface area (Å²) in [5, 5.41) is 6.26. The van der Waals surface area contributed by atoms with E-state index in [0.29, 0.717) is 23.4 Å². The van der Waals surface area contributed by atoms with Gasteiger partial charge in [-0.3, -0.25) is 0 Å². The van der Waals surface area contributed by atoms with E-state index < -0.39 is 0 Å². The molecular formula is C42H24N4O2. The molecule has 0 spiro atoms. The summed E-state index contributed by atoms with van der Waals surface area (Å²) >= 11 is 0. The Bertz CT molecular complexity index is 2840. The van der Waals surface area contributed by atoms with Crippen molar-refractivity contribution in [3.05, 3.63) is 146 Å². The molecule has 48 heavy (non-hydrogen) atoms. The zero-order valence-corrected chi connectivity index (χ0v) is 25.5. The second-order valence-electron chi connectivity index (χ2n) is 11.8. The zero-order valence-electron chi connectivity index (χ0n) is 25.5. The minimum atomic E-state index is 0.583. The first-order valence-corrected chi connectivity index (χ1v) is 15.8. The van der Waals surface area contributed by atoms with Crippen molar-refractivity contribution in [1.29, 1.82) is 0 Å². The first-order valence-electron chi connectivity index (χ1n) is 15.8. The molecule has 6 nitrogen and oxygen atoms in total. The minimum Gasteiger partial charge on any atom is -0.456 e. The van der Waals surface area contributed by atoms with Crippen LogP contribution in [0.1, 0.15) is 0 Å². The molecule has 0 bridgehead atoms. The van der Waals surface area contributed by atoms with E-state index in [1.807, 2.05) is 97.1 Å². The maximum atomic E-state index is 6.26. The number of hydrogen-bond donors (Lipinski definition) is 0. The molecular weight excluding hydrogens is 592 g/mol. The van der Waals surface area contributed by atoms with Crippen LogP contribution in [0, 0.1) is 0 Å². The molecule has 10 aromatic rings. The Hall–Kier alpha value is -6.66. The lowest BCUT2D eigenvalue weighted by Crippen LogP contribution is -2.00. The molecule has 7 aromatic carbocycles. The van der Waals surface area contributed by atoms with Gasteiger partial charge in [0.2, 0.25) is 5.89 Å². The standard InChI is InChI=1S/C42H24N4O2/c1-3-10-27(11-4-1)39-44-40(46-41(45-39)31-15-9-17-34-37(31)30-14-7-8-16-33(30)47-34)29-21-19-25-18-20-26-22-23-35-38(36(26)32(25)24-29)43-42(48-35)28-12-5-2-6-13-28/h1-24H. The molecule has 6 heteroatoms. The van der Waals surface area contributed by atoms with E-state index in [2.05, 4.69) is 48.5 Å². The second-order valence-corrected chi connectivity index (χ2v) is 11.8. The maximum absolute atomic E-state index is 6.26. The van der Waals surface area contributed by atoms with E-state index >= 15 is 0 Å². The van der Waals surface area contributed by atoms with Crippen LogP contribution in [0.15, 0.2) is 154 Å². The molecule has 3 aromatic heterocycles. The van der Waals surface area contributed by atoms with E-state index in [1.165, 1.54) is 0 Å². The van der Waals surface area contributed by atoms with Crippen LogP contribution in [-0.4, -0.2) is 19.9 Å². The fourth-order valence-corrected chi connectivity index (χ4v) is 6.68. The Kier molecular flexibility index (Phi) is 5.77. The maximum Gasteiger partial charge on any atom is 0.227 e. The van der Waals surface area contributed by atoms with Gasteiger partial charge in [-0.2, -0.15) is 0 Å². The summed E-state index contributed by atoms with van der Waals surface area (Å²) in [4.78, 5) is 20.2. The van der Waals surface area contributed by atoms with Crippen LogP contribution in [0.2, 0.25) is 0 Å². The smallest absolute Gasteiger partial charge is 0.227 e. The van der Waals surface area contributed by atoms with Crippen LogP contribution in [0.3, 0.4) is 0 Å². The Morgan fingerprint density at radius 1 is 0.375 bits per heavy atom. The summed E-state index contributed by atoms with van der Waals surface area (Å²) in [6.45, 7) is 0. The van der Waals surface area contributed by atoms with Crippen LogP contribution < -0.4 is 0 Å². The van der Waals surface area contributed by atoms with Gasteiger partial charge in [0.1, 0.15) is 16.7 Å². The first-order chi connectivity index (χ1) is 23.8. The highest BCUT2D eigenvalue weighted by Gasteiger charge is 2.19. The molecule has 224 valence electrons. The van der Waals surface area contributed by atoms with Crippen molar-refractivity contribution in [1.82, 2.24) is 19.9 Å². The van der Waals surface area contributed by atoms with E-state index in [9.17, 15) is 0 Å². The van der Waals surface area contributed by atoms with Crippen molar-refractivity contribution in [3.8, 4) is 45.6 Å². The monoisotopic (exact) mass is 616 g/mol. The highest BCUT2D eigenvalue weighted by Crippen LogP contribution is 2.38. The lowest BCUT2D eigenvalue weighted by Gasteiger charge is -2.11. The average Bonchev–Trinajstić information content (AvgIpc) is 3.77. The van der Waals surface area contributed by atoms with Crippen molar-refractivity contribution in [2.24, 2.45) is 0 Å². The Balaban J connectivity index is 1.22. The Labute approximate surface area is 274 Å². The SMILES string of the molecule is c1ccc(-c2nc(-c3ccc4ccc5ccc6oc(-c7ccccc7)nc6c5c4c3)nc(-c3cccc4oc5ccccc5c34)n2)cc1. The summed E-state index contributed by atoms with van der Waals surface area (Å²) in [6.07, 6.45) is 0. The van der Waals surface area contributed by atoms with Crippen LogP contribution in [0.4, 0.5) is 0 Å². The first kappa shape index (κ1) is 26.5. The molecule has 0 aliphatic carbocycles. The summed E-state index contributed by atoms with van der Waals surface area (Å²) in [6, 6.07) is 48.9. The predicted molar refractivity (Wildman–Crippen MR) is 191 cm³/mol. The molecule has 0 saturated carbocycles. The van der Waals surface area contributed by atoms with E-state index in [1.54, 1.807) is 0 Å². The molecule has 0 unspecified atom stereocenters. The van der Waals surface area contributed by atoms with Crippen molar-refractivity contribution in [2.75, 3.05) is 0 Å². The van der Waals surface area contributed by atoms with Gasteiger partial charge in [-0.1, -0.05) is 109 Å². The molecule has 0 atom stereocenters. The summed E-state index contributed by atoms with van der Waals surface area (Å²) in [5.74, 6) is 2.37. The third-order valence-corrected chi connectivity index (χ3v) is 8.95. The average molecular weight is 617 g/mol. The molecule has 3 heterocycles. The van der Waals surface area contributed by atoms with Crippen molar-refractivity contribution in [2.45, 2.75) is 0 Å². The third-order valence-electron chi connectivity index (χ3n) is 8.95. The molecule has 0 amide bonds. The van der Waals surface area contributed by atoms with E-state index in [0.717, 1.165) is 76.8 Å². The number of aromatic nitrogens is 4. The highest BCUT2D eigenvalue weighted by molar-refractivity contribution is 6.19. The highest BCUT2D eigenvalue weighted by atomic mass is 16.3. The summed E-state index contributed by atoms with van der Waals surface area (Å²) < 4.78 is 12.5. The number of benzene rings is 7. The van der Waals surface area contributed by atoms with Crippen LogP contribution in [0.5, 0.6) is 0 Å². The number of para-hydroxylation sites is 1. The molecule has 0 radical (unpaired) electrons. The van der Waals surface area contributed by atoms with Gasteiger partial charge in [-0.15, -0.1) is 0 Å². The van der Waals surface area contributed by atoms with E-state index in [4.69, 9.17) is 28.8 Å². The summed E-state index contributed by atoms with van der Waals surface area (Å²) in [7, 11) is 0. The number of hydrogen-bond acceptors (Lipinski definition) is 6. The summed E-state index contributed by atoms with van der Waals surface area (Å²) in [5.41, 5.74) is 6.81. The van der Waals surface area contributed by atoms with Gasteiger partial charge < -0.3 is 8.83 Å². The third kappa shape index (κ3) is 4.20. The Morgan fingerprint density at radius 2 is 1.04 bits per heavy atom. The van der Waals surface area contributed by atoms with Gasteiger partial charge in [0.25, 0.3) is 0 Å². The lowest BCUT2D eigenvalue weighted by molar-refractivity contribution is 0.620. The van der Waals surface area contributed by atoms with Gasteiger partial charge in [-0.25, -0.2) is 19.9 Å². The quantitative estimate of drug-likeness (QED) is 0.183. The topological polar surface area (TPSA) is 77.8 Å². The predicted octanol–water partition coefficient (Wildman–Crippen LogP) is 10.9. The zero-order chi connectivity index (χ0) is 31.6. The number of nitrogens with zero attached hydrogens (tertiary/aromatic N) is 4. The van der Waals surface area contributed by atoms with Crippen molar-refractivity contribution in [3.63, 3.8) is 0 Å². The molecule has 0 N–H and O–H groups in total. The second kappa shape index (κ2) is 10.4. The normalized spacial score (nSPS) is 11.8. The fraction of sp³-hybridized carbons (Fsp3) is 0. The number of fused-ring (bicyclic) bond motifs is 8. The lowest BCUT2D eigenvalue weighted by atomic mass is 9.98. The van der Waals surface area contributed by atoms with Crippen LogP contribution in [0.25, 0.3) is 100 Å². The fourth-order valence-electron chi connectivity index (χ4n) is 6.68. The molecule has 0 aliphatic heterocycles. The molecule has 0 fully saturated rings. The number of oxazole rings is 1. The van der Waals surface area contributed by atoms with Gasteiger partial charge in [0.05, 0.1) is 0 Å². The van der Waals surface area contributed by atoms with Gasteiger partial charge in [0, 0.05) is 38.4 Å². The van der Waals surface area contributed by atoms with Crippen LogP contribution >= 0.6 is 0 Å². The number of furan rings is 1. The van der Waals surface area contributed by atoms with Crippen molar-refractivity contribution >= 4 is 54.6 Å². The van der Waals surface area contributed by atoms with Gasteiger partial charge in [-0.05, 0) is 52.6 Å². The van der Waals surface area contributed by atoms with Crippen LogP contribution in [-0.2, 0) is 0 Å². The largest absolute Gasteiger partial charge is 0.456 e. The van der Waals surface area contributed by atoms with Crippen molar-refractivity contribution < 1.29 is 8.83 Å². The van der Waals surface area contributed by atoms with E-state index in [-0.39, 0.29) is 0 Å². The molecule has 10 rings (SSSR count). The minimum absolute atomic E-state index is 0.583. The van der Waals surface area contributed by atoms with Gasteiger partial charge in [0.15, 0.2) is 23.1 Å².